The summed E-state index contributed by atoms with van der Waals surface area (Å²) < 4.78 is 4.46. The van der Waals surface area contributed by atoms with Gasteiger partial charge in [-0.2, -0.15) is 0 Å². The first-order valence-corrected chi connectivity index (χ1v) is 13.3. The Morgan fingerprint density at radius 2 is 1.13 bits per heavy atom. The van der Waals surface area contributed by atoms with Crippen molar-refractivity contribution in [3.8, 4) is 0 Å². The van der Waals surface area contributed by atoms with E-state index in [-0.39, 0.29) is 43.8 Å². The fraction of sp³-hybridized carbons (Fsp3) is 0.517. The molecule has 10 heteroatoms. The molecule has 39 heavy (non-hydrogen) atoms. The number of nitrogens with zero attached hydrogens (tertiary/aromatic N) is 4. The number of halogens is 3. The Labute approximate surface area is 252 Å². The average Bonchev–Trinajstić information content (AvgIpc) is 3.42. The van der Waals surface area contributed by atoms with E-state index in [2.05, 4.69) is 66.9 Å². The summed E-state index contributed by atoms with van der Waals surface area (Å²) in [6.07, 6.45) is 3.25. The van der Waals surface area contributed by atoms with Crippen molar-refractivity contribution in [3.05, 3.63) is 59.2 Å². The minimum absolute atomic E-state index is 0. The molecular formula is C29H47Cl3N6O. The molecule has 0 aliphatic carbocycles. The number of imidazole rings is 2. The zero-order valence-corrected chi connectivity index (χ0v) is 26.3. The maximum atomic E-state index is 9.40. The van der Waals surface area contributed by atoms with Crippen LogP contribution in [0.4, 0.5) is 0 Å². The van der Waals surface area contributed by atoms with Crippen LogP contribution in [0.15, 0.2) is 36.4 Å². The third kappa shape index (κ3) is 9.62. The van der Waals surface area contributed by atoms with Crippen LogP contribution in [0.5, 0.6) is 0 Å². The molecule has 7 nitrogen and oxygen atoms in total. The van der Waals surface area contributed by atoms with Gasteiger partial charge in [0.2, 0.25) is 0 Å². The number of aliphatic hydroxyl groups excluding tert-OH is 1. The molecule has 0 amide bonds. The molecule has 0 bridgehead atoms. The molecule has 0 atom stereocenters. The Bertz CT molecular complexity index is 1170. The lowest BCUT2D eigenvalue weighted by atomic mass is 10.1. The van der Waals surface area contributed by atoms with Gasteiger partial charge in [0.25, 0.3) is 0 Å². The van der Waals surface area contributed by atoms with Crippen LogP contribution >= 0.6 is 37.2 Å². The highest BCUT2D eigenvalue weighted by molar-refractivity contribution is 5.86. The first-order valence-electron chi connectivity index (χ1n) is 13.3. The van der Waals surface area contributed by atoms with Crippen molar-refractivity contribution < 1.29 is 5.11 Å². The van der Waals surface area contributed by atoms with Gasteiger partial charge in [0, 0.05) is 32.6 Å². The summed E-state index contributed by atoms with van der Waals surface area (Å²) in [7, 11) is 0. The van der Waals surface area contributed by atoms with Crippen LogP contribution in [0, 0.1) is 11.8 Å². The largest absolute Gasteiger partial charge is 0.388 e. The number of nitrogens with two attached hydrogens (primary N) is 2. The zero-order valence-electron chi connectivity index (χ0n) is 23.9. The molecule has 2 heterocycles. The van der Waals surface area contributed by atoms with Crippen LogP contribution in [-0.4, -0.2) is 24.2 Å². The Hall–Kier alpha value is -1.87. The van der Waals surface area contributed by atoms with E-state index in [1.165, 1.54) is 17.8 Å². The predicted molar refractivity (Wildman–Crippen MR) is 171 cm³/mol. The molecule has 0 aliphatic heterocycles. The molecule has 2 aromatic heterocycles. The highest BCUT2D eigenvalue weighted by atomic mass is 35.5. The number of aryl methyl sites for hydroxylation is 3. The van der Waals surface area contributed by atoms with E-state index in [1.807, 2.05) is 18.2 Å². The average molecular weight is 602 g/mol. The summed E-state index contributed by atoms with van der Waals surface area (Å²) in [5.41, 5.74) is 17.9. The quantitative estimate of drug-likeness (QED) is 0.195. The van der Waals surface area contributed by atoms with Gasteiger partial charge < -0.3 is 25.7 Å². The van der Waals surface area contributed by atoms with Crippen molar-refractivity contribution in [1.29, 1.82) is 0 Å². The summed E-state index contributed by atoms with van der Waals surface area (Å²) >= 11 is 0. The van der Waals surface area contributed by atoms with Crippen LogP contribution < -0.4 is 11.5 Å². The second-order valence-electron chi connectivity index (χ2n) is 10.3. The lowest BCUT2D eigenvalue weighted by molar-refractivity contribution is 0.264. The SMILES string of the molecule is CC(C)CCn1c(CO)nc2cc(CN)ccc21.CCc1nc2cc(CN)ccc2n1CCC(C)C.Cl.Cl.Cl. The molecule has 4 aromatic rings. The van der Waals surface area contributed by atoms with Crippen molar-refractivity contribution in [1.82, 2.24) is 19.1 Å². The minimum Gasteiger partial charge on any atom is -0.388 e. The Kier molecular flexibility index (Phi) is 16.9. The summed E-state index contributed by atoms with van der Waals surface area (Å²) in [5.74, 6) is 3.27. The second kappa shape index (κ2) is 17.7. The molecule has 0 unspecified atom stereocenters. The minimum atomic E-state index is -0.0231. The van der Waals surface area contributed by atoms with Gasteiger partial charge in [0.05, 0.1) is 22.1 Å². The van der Waals surface area contributed by atoms with Gasteiger partial charge in [-0.1, -0.05) is 46.8 Å². The number of hydrogen-bond acceptors (Lipinski definition) is 5. The van der Waals surface area contributed by atoms with Crippen molar-refractivity contribution in [2.75, 3.05) is 0 Å². The van der Waals surface area contributed by atoms with E-state index in [4.69, 9.17) is 16.5 Å². The summed E-state index contributed by atoms with van der Waals surface area (Å²) in [5, 5.41) is 9.40. The van der Waals surface area contributed by atoms with Gasteiger partial charge in [-0.25, -0.2) is 9.97 Å². The van der Waals surface area contributed by atoms with E-state index in [0.717, 1.165) is 65.4 Å². The number of benzene rings is 2. The third-order valence-corrected chi connectivity index (χ3v) is 6.57. The predicted octanol–water partition coefficient (Wildman–Crippen LogP) is 6.40. The lowest BCUT2D eigenvalue weighted by Gasteiger charge is -2.10. The molecule has 0 fully saturated rings. The number of aromatic nitrogens is 4. The summed E-state index contributed by atoms with van der Waals surface area (Å²) in [6, 6.07) is 12.4. The Morgan fingerprint density at radius 3 is 1.49 bits per heavy atom. The molecule has 0 saturated heterocycles. The molecule has 4 rings (SSSR count). The number of aliphatic hydroxyl groups is 1. The van der Waals surface area contributed by atoms with E-state index < -0.39 is 0 Å². The van der Waals surface area contributed by atoms with Gasteiger partial charge in [-0.3, -0.25) is 0 Å². The van der Waals surface area contributed by atoms with Gasteiger partial charge in [-0.05, 0) is 60.1 Å². The standard InChI is InChI=1S/C15H23N3.C14H21N3O.3ClH/c1-4-15-17-13-9-12(10-16)5-6-14(13)18(15)8-7-11(2)3;1-10(2)5-6-17-13-4-3-11(8-15)7-12(13)16-14(17)9-18;;;/h5-6,9,11H,4,7-8,10,16H2,1-3H3;3-4,7,10,18H,5-6,8-9,15H2,1-2H3;3*1H. The van der Waals surface area contributed by atoms with E-state index in [9.17, 15) is 5.11 Å². The monoisotopic (exact) mass is 600 g/mol. The van der Waals surface area contributed by atoms with E-state index >= 15 is 0 Å². The fourth-order valence-electron chi connectivity index (χ4n) is 4.37. The Balaban J connectivity index is 0.000000688. The maximum absolute atomic E-state index is 9.40. The van der Waals surface area contributed by atoms with Gasteiger partial charge in [-0.15, -0.1) is 37.2 Å². The van der Waals surface area contributed by atoms with Crippen LogP contribution in [0.2, 0.25) is 0 Å². The van der Waals surface area contributed by atoms with E-state index in [1.54, 1.807) is 0 Å². The van der Waals surface area contributed by atoms with Crippen LogP contribution in [0.25, 0.3) is 22.1 Å². The molecule has 5 N–H and O–H groups in total. The molecule has 0 saturated carbocycles. The first-order chi connectivity index (χ1) is 17.3. The van der Waals surface area contributed by atoms with Gasteiger partial charge >= 0.3 is 0 Å². The highest BCUT2D eigenvalue weighted by Crippen LogP contribution is 2.21. The van der Waals surface area contributed by atoms with Crippen molar-refractivity contribution in [2.45, 2.75) is 86.7 Å². The van der Waals surface area contributed by atoms with Crippen LogP contribution in [0.3, 0.4) is 0 Å². The molecule has 2 aromatic carbocycles. The summed E-state index contributed by atoms with van der Waals surface area (Å²) in [4.78, 5) is 9.20. The third-order valence-electron chi connectivity index (χ3n) is 6.57. The second-order valence-corrected chi connectivity index (χ2v) is 10.3. The van der Waals surface area contributed by atoms with Crippen molar-refractivity contribution in [3.63, 3.8) is 0 Å². The number of fused-ring (bicyclic) bond motifs is 2. The molecular weight excluding hydrogens is 555 g/mol. The van der Waals surface area contributed by atoms with Crippen molar-refractivity contribution >= 4 is 59.3 Å². The van der Waals surface area contributed by atoms with Gasteiger partial charge in [0.1, 0.15) is 18.3 Å². The normalized spacial score (nSPS) is 10.7. The lowest BCUT2D eigenvalue weighted by Crippen LogP contribution is -2.06. The Morgan fingerprint density at radius 1 is 0.718 bits per heavy atom. The topological polar surface area (TPSA) is 108 Å². The smallest absolute Gasteiger partial charge is 0.135 e. The molecule has 0 aliphatic rings. The zero-order chi connectivity index (χ0) is 26.2. The first kappa shape index (κ1) is 37.1. The van der Waals surface area contributed by atoms with Gasteiger partial charge in [0.15, 0.2) is 0 Å². The number of rotatable bonds is 10. The fourth-order valence-corrected chi connectivity index (χ4v) is 4.37. The highest BCUT2D eigenvalue weighted by Gasteiger charge is 2.11. The molecule has 0 radical (unpaired) electrons. The number of hydrogen-bond donors (Lipinski definition) is 3. The van der Waals surface area contributed by atoms with Crippen molar-refractivity contribution in [2.24, 2.45) is 23.3 Å². The maximum Gasteiger partial charge on any atom is 0.135 e. The molecule has 0 spiro atoms. The van der Waals surface area contributed by atoms with E-state index in [0.29, 0.717) is 19.0 Å². The van der Waals surface area contributed by atoms with Crippen LogP contribution in [0.1, 0.15) is 70.2 Å². The summed E-state index contributed by atoms with van der Waals surface area (Å²) in [6.45, 7) is 14.1. The molecule has 220 valence electrons. The van der Waals surface area contributed by atoms with Crippen LogP contribution in [-0.2, 0) is 39.2 Å².